The molecular weight excluding hydrogens is 234 g/mol. The highest BCUT2D eigenvalue weighted by Crippen LogP contribution is 2.19. The van der Waals surface area contributed by atoms with E-state index in [1.165, 1.54) is 16.8 Å². The molecule has 0 radical (unpaired) electrons. The molecule has 0 aliphatic rings. The Morgan fingerprint density at radius 1 is 1.26 bits per heavy atom. The maximum absolute atomic E-state index is 4.52. The van der Waals surface area contributed by atoms with Gasteiger partial charge in [0.15, 0.2) is 0 Å². The van der Waals surface area contributed by atoms with Crippen LogP contribution in [-0.4, -0.2) is 16.8 Å². The standard InChI is InChI=1S/C16H23N3/c1-5-19-15(10-13(3)18-19)11-16(17-4)14-8-6-7-12(2)9-14/h6-10,16-17H,5,11H2,1-4H3. The molecule has 1 heterocycles. The van der Waals surface area contributed by atoms with Crippen LogP contribution >= 0.6 is 0 Å². The molecule has 2 rings (SSSR count). The van der Waals surface area contributed by atoms with Crippen molar-refractivity contribution in [2.24, 2.45) is 0 Å². The van der Waals surface area contributed by atoms with Gasteiger partial charge in [0.1, 0.15) is 0 Å². The summed E-state index contributed by atoms with van der Waals surface area (Å²) in [6, 6.07) is 11.2. The van der Waals surface area contributed by atoms with Crippen LogP contribution in [0.2, 0.25) is 0 Å². The zero-order valence-electron chi connectivity index (χ0n) is 12.3. The summed E-state index contributed by atoms with van der Waals surface area (Å²) in [4.78, 5) is 0. The molecule has 1 unspecified atom stereocenters. The van der Waals surface area contributed by atoms with Gasteiger partial charge in [0.25, 0.3) is 0 Å². The lowest BCUT2D eigenvalue weighted by molar-refractivity contribution is 0.541. The van der Waals surface area contributed by atoms with Gasteiger partial charge in [-0.3, -0.25) is 4.68 Å². The van der Waals surface area contributed by atoms with E-state index in [9.17, 15) is 0 Å². The maximum atomic E-state index is 4.52. The zero-order chi connectivity index (χ0) is 13.8. The number of nitrogens with one attached hydrogen (secondary N) is 1. The van der Waals surface area contributed by atoms with Gasteiger partial charge in [-0.25, -0.2) is 0 Å². The molecule has 102 valence electrons. The van der Waals surface area contributed by atoms with E-state index in [1.807, 2.05) is 7.05 Å². The predicted molar refractivity (Wildman–Crippen MR) is 79.3 cm³/mol. The molecule has 3 heteroatoms. The fraction of sp³-hybridized carbons (Fsp3) is 0.438. The summed E-state index contributed by atoms with van der Waals surface area (Å²) in [5.41, 5.74) is 5.03. The molecule has 0 saturated heterocycles. The third-order valence-electron chi connectivity index (χ3n) is 3.49. The number of hydrogen-bond acceptors (Lipinski definition) is 2. The fourth-order valence-corrected chi connectivity index (χ4v) is 2.52. The first-order chi connectivity index (χ1) is 9.13. The molecule has 19 heavy (non-hydrogen) atoms. The molecule has 0 saturated carbocycles. The highest BCUT2D eigenvalue weighted by Gasteiger charge is 2.13. The van der Waals surface area contributed by atoms with Gasteiger partial charge in [0, 0.05) is 24.7 Å². The molecular formula is C16H23N3. The van der Waals surface area contributed by atoms with Gasteiger partial charge >= 0.3 is 0 Å². The Morgan fingerprint density at radius 3 is 2.68 bits per heavy atom. The van der Waals surface area contributed by atoms with E-state index in [-0.39, 0.29) is 0 Å². The summed E-state index contributed by atoms with van der Waals surface area (Å²) < 4.78 is 2.09. The molecule has 0 fully saturated rings. The minimum absolute atomic E-state index is 0.335. The number of aromatic nitrogens is 2. The van der Waals surface area contributed by atoms with Gasteiger partial charge in [0.05, 0.1) is 5.69 Å². The van der Waals surface area contributed by atoms with E-state index in [1.54, 1.807) is 0 Å². The topological polar surface area (TPSA) is 29.9 Å². The monoisotopic (exact) mass is 257 g/mol. The first-order valence-corrected chi connectivity index (χ1v) is 6.91. The van der Waals surface area contributed by atoms with Crippen LogP contribution in [-0.2, 0) is 13.0 Å². The van der Waals surface area contributed by atoms with Crippen LogP contribution in [0, 0.1) is 13.8 Å². The molecule has 2 aromatic rings. The van der Waals surface area contributed by atoms with Crippen molar-refractivity contribution in [3.8, 4) is 0 Å². The van der Waals surface area contributed by atoms with Crippen LogP contribution in [0.1, 0.15) is 35.5 Å². The highest BCUT2D eigenvalue weighted by molar-refractivity contribution is 5.26. The van der Waals surface area contributed by atoms with Crippen LogP contribution in [0.5, 0.6) is 0 Å². The fourth-order valence-electron chi connectivity index (χ4n) is 2.52. The third-order valence-corrected chi connectivity index (χ3v) is 3.49. The summed E-state index contributed by atoms with van der Waals surface area (Å²) in [6.45, 7) is 7.25. The lowest BCUT2D eigenvalue weighted by Crippen LogP contribution is -2.20. The molecule has 1 aromatic carbocycles. The molecule has 0 amide bonds. The van der Waals surface area contributed by atoms with Crippen molar-refractivity contribution < 1.29 is 0 Å². The van der Waals surface area contributed by atoms with E-state index >= 15 is 0 Å². The number of aryl methyl sites for hydroxylation is 3. The Bertz CT molecular complexity index is 543. The normalized spacial score (nSPS) is 12.6. The number of likely N-dealkylation sites (N-methyl/N-ethyl adjacent to an activating group) is 1. The molecule has 0 aliphatic heterocycles. The first-order valence-electron chi connectivity index (χ1n) is 6.91. The van der Waals surface area contributed by atoms with Gasteiger partial charge in [0.2, 0.25) is 0 Å². The number of rotatable bonds is 5. The second kappa shape index (κ2) is 6.02. The molecule has 1 aromatic heterocycles. The number of hydrogen-bond donors (Lipinski definition) is 1. The van der Waals surface area contributed by atoms with Crippen molar-refractivity contribution in [1.82, 2.24) is 15.1 Å². The quantitative estimate of drug-likeness (QED) is 0.892. The molecule has 1 N–H and O–H groups in total. The summed E-state index contributed by atoms with van der Waals surface area (Å²) in [7, 11) is 2.02. The average molecular weight is 257 g/mol. The van der Waals surface area contributed by atoms with Crippen molar-refractivity contribution in [2.75, 3.05) is 7.05 Å². The van der Waals surface area contributed by atoms with E-state index in [2.05, 4.69) is 66.2 Å². The second-order valence-electron chi connectivity index (χ2n) is 5.05. The van der Waals surface area contributed by atoms with E-state index in [0.29, 0.717) is 6.04 Å². The molecule has 0 spiro atoms. The Morgan fingerprint density at radius 2 is 2.05 bits per heavy atom. The van der Waals surface area contributed by atoms with E-state index < -0.39 is 0 Å². The van der Waals surface area contributed by atoms with Gasteiger partial charge in [-0.2, -0.15) is 5.10 Å². The predicted octanol–water partition coefficient (Wildman–Crippen LogP) is 3.02. The minimum Gasteiger partial charge on any atom is -0.313 e. The summed E-state index contributed by atoms with van der Waals surface area (Å²) >= 11 is 0. The van der Waals surface area contributed by atoms with E-state index in [4.69, 9.17) is 0 Å². The summed E-state index contributed by atoms with van der Waals surface area (Å²) in [6.07, 6.45) is 0.967. The maximum Gasteiger partial charge on any atom is 0.0596 e. The van der Waals surface area contributed by atoms with Crippen molar-refractivity contribution in [3.63, 3.8) is 0 Å². The number of nitrogens with zero attached hydrogens (tertiary/aromatic N) is 2. The SMILES string of the molecule is CCn1nc(C)cc1CC(NC)c1cccc(C)c1. The van der Waals surface area contributed by atoms with Crippen LogP contribution in [0.15, 0.2) is 30.3 Å². The highest BCUT2D eigenvalue weighted by atomic mass is 15.3. The summed E-state index contributed by atoms with van der Waals surface area (Å²) in [5.74, 6) is 0. The lowest BCUT2D eigenvalue weighted by Gasteiger charge is -2.17. The van der Waals surface area contributed by atoms with Crippen LogP contribution in [0.3, 0.4) is 0 Å². The van der Waals surface area contributed by atoms with Crippen molar-refractivity contribution >= 4 is 0 Å². The Balaban J connectivity index is 2.23. The summed E-state index contributed by atoms with van der Waals surface area (Å²) in [5, 5.41) is 7.93. The first kappa shape index (κ1) is 13.8. The molecule has 0 aliphatic carbocycles. The van der Waals surface area contributed by atoms with Crippen molar-refractivity contribution in [1.29, 1.82) is 0 Å². The zero-order valence-corrected chi connectivity index (χ0v) is 12.3. The molecule has 0 bridgehead atoms. The smallest absolute Gasteiger partial charge is 0.0596 e. The van der Waals surface area contributed by atoms with E-state index in [0.717, 1.165) is 18.7 Å². The molecule has 3 nitrogen and oxygen atoms in total. The van der Waals surface area contributed by atoms with Crippen molar-refractivity contribution in [3.05, 3.63) is 52.8 Å². The second-order valence-corrected chi connectivity index (χ2v) is 5.05. The van der Waals surface area contributed by atoms with Gasteiger partial charge in [-0.1, -0.05) is 29.8 Å². The van der Waals surface area contributed by atoms with Gasteiger partial charge < -0.3 is 5.32 Å². The minimum atomic E-state index is 0.335. The van der Waals surface area contributed by atoms with Gasteiger partial charge in [-0.05, 0) is 39.4 Å². The van der Waals surface area contributed by atoms with Crippen LogP contribution < -0.4 is 5.32 Å². The largest absolute Gasteiger partial charge is 0.313 e. The average Bonchev–Trinajstić information content (AvgIpc) is 2.76. The Kier molecular flexibility index (Phi) is 4.38. The Labute approximate surface area is 115 Å². The lowest BCUT2D eigenvalue weighted by atomic mass is 10.00. The number of benzene rings is 1. The third kappa shape index (κ3) is 3.24. The Hall–Kier alpha value is -1.61. The van der Waals surface area contributed by atoms with Crippen LogP contribution in [0.4, 0.5) is 0 Å². The molecule has 1 atom stereocenters. The van der Waals surface area contributed by atoms with Crippen LogP contribution in [0.25, 0.3) is 0 Å². The van der Waals surface area contributed by atoms with Gasteiger partial charge in [-0.15, -0.1) is 0 Å². The van der Waals surface area contributed by atoms with Crippen molar-refractivity contribution in [2.45, 2.75) is 39.8 Å².